The van der Waals surface area contributed by atoms with Crippen LogP contribution in [0, 0.1) is 0 Å². The Balaban J connectivity index is 0.000000195. The standard InChI is InChI=1S/2C13H13P.3ClH.V/c2*1-14(12-8-4-2-5-9-12)13-10-6-3-7-11-13;;;;/h2*2-11H,1H3;3*1H;/q;;;;;+3/p-1. The monoisotopic (exact) mass is 558 g/mol. The van der Waals surface area contributed by atoms with E-state index >= 15 is 0 Å². The Bertz CT molecular complexity index is 826. The van der Waals surface area contributed by atoms with E-state index in [9.17, 15) is 0 Å². The van der Waals surface area contributed by atoms with E-state index in [4.69, 9.17) is 29.5 Å². The van der Waals surface area contributed by atoms with E-state index in [0.29, 0.717) is 0 Å². The molecule has 0 aliphatic heterocycles. The fourth-order valence-electron chi connectivity index (χ4n) is 3.09. The molecule has 166 valence electrons. The first kappa shape index (κ1) is 27.4. The molecule has 0 atom stereocenters. The molecule has 0 nitrogen and oxygen atoms in total. The van der Waals surface area contributed by atoms with Gasteiger partial charge in [0.25, 0.3) is 0 Å². The van der Waals surface area contributed by atoms with Gasteiger partial charge in [-0.25, -0.2) is 0 Å². The van der Waals surface area contributed by atoms with Crippen LogP contribution in [-0.2, 0) is 12.3 Å². The first-order chi connectivity index (χ1) is 15.5. The van der Waals surface area contributed by atoms with Gasteiger partial charge < -0.3 is 0 Å². The minimum absolute atomic E-state index is 0.545. The molecular formula is C26H28Cl3P2V+2. The van der Waals surface area contributed by atoms with E-state index in [2.05, 4.69) is 135 Å². The summed E-state index contributed by atoms with van der Waals surface area (Å²) in [5.41, 5.74) is 0. The third kappa shape index (κ3) is 10.4. The van der Waals surface area contributed by atoms with Gasteiger partial charge in [0, 0.05) is 0 Å². The van der Waals surface area contributed by atoms with E-state index in [1.165, 1.54) is 21.2 Å². The second-order valence-electron chi connectivity index (χ2n) is 6.91. The molecular weight excluding hydrogens is 532 g/mol. The van der Waals surface area contributed by atoms with Crippen LogP contribution < -0.4 is 21.2 Å². The molecule has 0 saturated carbocycles. The predicted molar refractivity (Wildman–Crippen MR) is 150 cm³/mol. The van der Waals surface area contributed by atoms with Crippen molar-refractivity contribution in [1.29, 1.82) is 0 Å². The molecule has 0 radical (unpaired) electrons. The molecule has 4 aromatic rings. The quantitative estimate of drug-likeness (QED) is 0.236. The maximum atomic E-state index is 4.95. The van der Waals surface area contributed by atoms with Crippen LogP contribution in [0.25, 0.3) is 0 Å². The van der Waals surface area contributed by atoms with Crippen molar-refractivity contribution in [3.05, 3.63) is 121 Å². The summed E-state index contributed by atoms with van der Waals surface area (Å²) in [5, 5.41) is 5.90. The van der Waals surface area contributed by atoms with Crippen LogP contribution in [0.15, 0.2) is 121 Å². The van der Waals surface area contributed by atoms with Gasteiger partial charge >= 0.3 is 41.8 Å². The summed E-state index contributed by atoms with van der Waals surface area (Å²) in [5.74, 6) is 0. The summed E-state index contributed by atoms with van der Waals surface area (Å²) >= 11 is -1.77. The Morgan fingerprint density at radius 2 is 0.562 bits per heavy atom. The molecule has 6 heteroatoms. The summed E-state index contributed by atoms with van der Waals surface area (Å²) < 4.78 is 0. The molecule has 0 unspecified atom stereocenters. The Morgan fingerprint density at radius 1 is 0.406 bits per heavy atom. The fourth-order valence-corrected chi connectivity index (χ4v) is 6.52. The zero-order valence-electron chi connectivity index (χ0n) is 18.1. The number of rotatable bonds is 4. The molecule has 0 fully saturated rings. The van der Waals surface area contributed by atoms with Crippen LogP contribution in [0.2, 0.25) is 0 Å². The molecule has 0 heterocycles. The molecule has 0 spiro atoms. The molecule has 0 aromatic heterocycles. The van der Waals surface area contributed by atoms with Gasteiger partial charge in [-0.15, -0.1) is 0 Å². The maximum absolute atomic E-state index is 4.95. The number of benzene rings is 4. The summed E-state index contributed by atoms with van der Waals surface area (Å²) in [6, 6.07) is 43.0. The van der Waals surface area contributed by atoms with Crippen LogP contribution in [0.4, 0.5) is 0 Å². The Labute approximate surface area is 212 Å². The van der Waals surface area contributed by atoms with Gasteiger partial charge in [-0.3, -0.25) is 0 Å². The van der Waals surface area contributed by atoms with Gasteiger partial charge in [0.1, 0.15) is 0 Å². The molecule has 32 heavy (non-hydrogen) atoms. The summed E-state index contributed by atoms with van der Waals surface area (Å²) in [6.07, 6.45) is 0. The van der Waals surface area contributed by atoms with Crippen molar-refractivity contribution in [1.82, 2.24) is 0 Å². The van der Waals surface area contributed by atoms with Crippen LogP contribution in [0.3, 0.4) is 0 Å². The molecule has 0 N–H and O–H groups in total. The zero-order valence-corrected chi connectivity index (χ0v) is 23.8. The summed E-state index contributed by atoms with van der Waals surface area (Å²) in [6.45, 7) is 4.69. The van der Waals surface area contributed by atoms with E-state index in [1.807, 2.05) is 0 Å². The fraction of sp³-hybridized carbons (Fsp3) is 0.0769. The molecule has 0 bridgehead atoms. The summed E-state index contributed by atoms with van der Waals surface area (Å²) in [4.78, 5) is 0. The average molecular weight is 560 g/mol. The second-order valence-corrected chi connectivity index (χ2v) is 18.6. The van der Waals surface area contributed by atoms with E-state index in [-0.39, 0.29) is 0 Å². The molecule has 0 aliphatic rings. The van der Waals surface area contributed by atoms with E-state index in [1.54, 1.807) is 0 Å². The van der Waals surface area contributed by atoms with Crippen molar-refractivity contribution in [2.75, 3.05) is 13.3 Å². The third-order valence-electron chi connectivity index (χ3n) is 4.83. The van der Waals surface area contributed by atoms with Gasteiger partial charge in [0.15, 0.2) is 0 Å². The molecule has 4 aromatic carbocycles. The van der Waals surface area contributed by atoms with Gasteiger partial charge in [-0.05, 0) is 48.5 Å². The van der Waals surface area contributed by atoms with Crippen LogP contribution >= 0.6 is 45.4 Å². The van der Waals surface area contributed by atoms with E-state index in [0.717, 1.165) is 0 Å². The molecule has 0 saturated heterocycles. The van der Waals surface area contributed by atoms with Crippen molar-refractivity contribution in [3.8, 4) is 0 Å². The van der Waals surface area contributed by atoms with Crippen molar-refractivity contribution in [2.24, 2.45) is 0 Å². The Morgan fingerprint density at radius 3 is 0.719 bits per heavy atom. The van der Waals surface area contributed by atoms with Gasteiger partial charge in [-0.1, -0.05) is 72.8 Å². The molecule has 4 rings (SSSR count). The van der Waals surface area contributed by atoms with Crippen LogP contribution in [0.5, 0.6) is 0 Å². The molecule has 0 amide bonds. The van der Waals surface area contributed by atoms with Crippen LogP contribution in [-0.4, -0.2) is 13.3 Å². The van der Waals surface area contributed by atoms with Crippen molar-refractivity contribution in [2.45, 2.75) is 0 Å². The SMILES string of the molecule is C[PH+](c1ccccc1)c1ccccc1.C[PH+](c1ccccc1)c1ccccc1.[Cl][V]([Cl])[Cl]. The Kier molecular flexibility index (Phi) is 13.7. The first-order valence-corrected chi connectivity index (χ1v) is 19.9. The van der Waals surface area contributed by atoms with Crippen molar-refractivity contribution in [3.63, 3.8) is 0 Å². The minimum atomic E-state index is -1.77. The average Bonchev–Trinajstić information content (AvgIpc) is 2.85. The summed E-state index contributed by atoms with van der Waals surface area (Å²) in [7, 11) is 13.8. The Hall–Kier alpha value is -0.806. The number of hydrogen-bond acceptors (Lipinski definition) is 0. The zero-order chi connectivity index (χ0) is 23.2. The number of hydrogen-bond donors (Lipinski definition) is 0. The topological polar surface area (TPSA) is 0 Å². The van der Waals surface area contributed by atoms with E-state index < -0.39 is 28.1 Å². The predicted octanol–water partition coefficient (Wildman–Crippen LogP) is 7.03. The van der Waals surface area contributed by atoms with Crippen LogP contribution in [0.1, 0.15) is 0 Å². The molecule has 0 aliphatic carbocycles. The third-order valence-corrected chi connectivity index (χ3v) is 9.62. The van der Waals surface area contributed by atoms with Crippen molar-refractivity contribution >= 4 is 66.6 Å². The van der Waals surface area contributed by atoms with Crippen molar-refractivity contribution < 1.29 is 12.3 Å². The van der Waals surface area contributed by atoms with Gasteiger partial charge in [0.05, 0.1) is 50.4 Å². The normalized spacial score (nSPS) is 10.2. The second kappa shape index (κ2) is 15.9. The van der Waals surface area contributed by atoms with Gasteiger partial charge in [-0.2, -0.15) is 0 Å². The first-order valence-electron chi connectivity index (χ1n) is 10.1. The number of halogens is 3. The van der Waals surface area contributed by atoms with Gasteiger partial charge in [0.2, 0.25) is 0 Å².